The third-order valence-electron chi connectivity index (χ3n) is 4.37. The van der Waals surface area contributed by atoms with Gasteiger partial charge in [0.25, 0.3) is 0 Å². The van der Waals surface area contributed by atoms with Gasteiger partial charge in [-0.05, 0) is 56.4 Å². The van der Waals surface area contributed by atoms with E-state index in [0.717, 1.165) is 42.9 Å². The van der Waals surface area contributed by atoms with Gasteiger partial charge in [-0.25, -0.2) is 4.68 Å². The molecule has 1 N–H and O–H groups in total. The predicted octanol–water partition coefficient (Wildman–Crippen LogP) is 3.31. The number of hydrogen-bond acceptors (Lipinski definition) is 5. The zero-order valence-corrected chi connectivity index (χ0v) is 18.1. The molecule has 0 aliphatic rings. The van der Waals surface area contributed by atoms with Crippen LogP contribution in [0.15, 0.2) is 24.3 Å². The molecule has 1 aromatic heterocycles. The first-order valence-corrected chi connectivity index (χ1v) is 10.2. The number of methoxy groups -OCH3 is 1. The summed E-state index contributed by atoms with van der Waals surface area (Å²) < 4.78 is 9.78. The third-order valence-corrected chi connectivity index (χ3v) is 4.80. The molecule has 0 saturated heterocycles. The van der Waals surface area contributed by atoms with Crippen molar-refractivity contribution in [1.29, 1.82) is 0 Å². The first-order chi connectivity index (χ1) is 13.5. The Bertz CT molecular complexity index is 813. The second kappa shape index (κ2) is 11.0. The summed E-state index contributed by atoms with van der Waals surface area (Å²) in [7, 11) is 3.55. The van der Waals surface area contributed by atoms with Gasteiger partial charge in [-0.15, -0.1) is 0 Å². The van der Waals surface area contributed by atoms with Gasteiger partial charge in [0.05, 0.1) is 20.3 Å². The summed E-state index contributed by atoms with van der Waals surface area (Å²) in [4.78, 5) is 13.9. The van der Waals surface area contributed by atoms with E-state index in [2.05, 4.69) is 16.8 Å². The quantitative estimate of drug-likeness (QED) is 0.581. The van der Waals surface area contributed by atoms with Gasteiger partial charge < -0.3 is 10.1 Å². The summed E-state index contributed by atoms with van der Waals surface area (Å²) in [6.07, 6.45) is 3.03. The van der Waals surface area contributed by atoms with Crippen molar-refractivity contribution in [3.63, 3.8) is 0 Å². The number of unbranched alkanes of at least 4 members (excludes halogenated alkanes) is 1. The molecule has 8 heteroatoms. The molecule has 1 heterocycles. The molecule has 1 aromatic carbocycles. The Morgan fingerprint density at radius 3 is 2.57 bits per heavy atom. The van der Waals surface area contributed by atoms with Crippen LogP contribution in [-0.4, -0.2) is 52.4 Å². The smallest absolute Gasteiger partial charge is 0.234 e. The molecule has 0 aliphatic heterocycles. The Labute approximate surface area is 172 Å². The number of aromatic nitrogens is 3. The number of benzene rings is 1. The van der Waals surface area contributed by atoms with Crippen LogP contribution < -0.4 is 10.1 Å². The largest absolute Gasteiger partial charge is 0.497 e. The molecular formula is C20H31N5O2S. The molecular weight excluding hydrogens is 374 g/mol. The highest BCUT2D eigenvalue weighted by molar-refractivity contribution is 7.71. The van der Waals surface area contributed by atoms with Crippen molar-refractivity contribution < 1.29 is 9.53 Å². The van der Waals surface area contributed by atoms with Crippen LogP contribution in [0.25, 0.3) is 11.4 Å². The normalized spacial score (nSPS) is 11.0. The standard InChI is InChI=1S/C20H31N5O2S/c1-5-7-13-24-19(16-8-10-17(27-4)11-9-16)22-25(20(24)28)15-23(3)14-18(26)21-12-6-2/h8-11H,5-7,12-15H2,1-4H3,(H,21,26). The number of likely N-dealkylation sites (N-methyl/N-ethyl adjacent to an activating group) is 1. The number of ether oxygens (including phenoxy) is 1. The Morgan fingerprint density at radius 2 is 1.96 bits per heavy atom. The Hall–Kier alpha value is -2.19. The number of carbonyl (C=O) groups is 1. The molecule has 1 amide bonds. The van der Waals surface area contributed by atoms with E-state index in [1.807, 2.05) is 43.1 Å². The highest BCUT2D eigenvalue weighted by atomic mass is 32.1. The summed E-state index contributed by atoms with van der Waals surface area (Å²) in [6.45, 7) is 6.47. The van der Waals surface area contributed by atoms with Crippen LogP contribution in [-0.2, 0) is 18.0 Å². The molecule has 0 unspecified atom stereocenters. The average molecular weight is 406 g/mol. The Kier molecular flexibility index (Phi) is 8.66. The minimum absolute atomic E-state index is 0.0108. The second-order valence-electron chi connectivity index (χ2n) is 6.84. The van der Waals surface area contributed by atoms with Gasteiger partial charge >= 0.3 is 0 Å². The molecule has 28 heavy (non-hydrogen) atoms. The van der Waals surface area contributed by atoms with E-state index in [4.69, 9.17) is 22.1 Å². The van der Waals surface area contributed by atoms with E-state index in [-0.39, 0.29) is 5.91 Å². The zero-order chi connectivity index (χ0) is 20.5. The van der Waals surface area contributed by atoms with Gasteiger partial charge in [-0.3, -0.25) is 14.3 Å². The van der Waals surface area contributed by atoms with E-state index in [1.54, 1.807) is 11.8 Å². The summed E-state index contributed by atoms with van der Waals surface area (Å²) in [5.41, 5.74) is 0.991. The number of amides is 1. The van der Waals surface area contributed by atoms with Gasteiger partial charge in [-0.2, -0.15) is 5.10 Å². The first-order valence-electron chi connectivity index (χ1n) is 9.77. The lowest BCUT2D eigenvalue weighted by Crippen LogP contribution is -2.36. The number of nitrogens with one attached hydrogen (secondary N) is 1. The Morgan fingerprint density at radius 1 is 1.25 bits per heavy atom. The van der Waals surface area contributed by atoms with Crippen molar-refractivity contribution in [2.45, 2.75) is 46.3 Å². The average Bonchev–Trinajstić information content (AvgIpc) is 3.00. The maximum Gasteiger partial charge on any atom is 0.234 e. The lowest BCUT2D eigenvalue weighted by molar-refractivity contribution is -0.122. The third kappa shape index (κ3) is 5.90. The molecule has 154 valence electrons. The second-order valence-corrected chi connectivity index (χ2v) is 7.21. The summed E-state index contributed by atoms with van der Waals surface area (Å²) >= 11 is 5.69. The number of carbonyl (C=O) groups excluding carboxylic acids is 1. The van der Waals surface area contributed by atoms with E-state index >= 15 is 0 Å². The molecule has 0 saturated carbocycles. The van der Waals surface area contributed by atoms with Crippen molar-refractivity contribution in [2.75, 3.05) is 27.2 Å². The topological polar surface area (TPSA) is 64.3 Å². The van der Waals surface area contributed by atoms with Crippen LogP contribution in [0.2, 0.25) is 0 Å². The highest BCUT2D eigenvalue weighted by Gasteiger charge is 2.15. The fraction of sp³-hybridized carbons (Fsp3) is 0.550. The van der Waals surface area contributed by atoms with Crippen molar-refractivity contribution in [1.82, 2.24) is 24.6 Å². The minimum Gasteiger partial charge on any atom is -0.497 e. The monoisotopic (exact) mass is 405 g/mol. The van der Waals surface area contributed by atoms with E-state index in [1.165, 1.54) is 0 Å². The van der Waals surface area contributed by atoms with Crippen LogP contribution in [0.5, 0.6) is 5.75 Å². The fourth-order valence-electron chi connectivity index (χ4n) is 2.85. The molecule has 0 fully saturated rings. The molecule has 0 bridgehead atoms. The summed E-state index contributed by atoms with van der Waals surface area (Å²) in [6, 6.07) is 7.83. The summed E-state index contributed by atoms with van der Waals surface area (Å²) in [5.74, 6) is 1.65. The van der Waals surface area contributed by atoms with Crippen LogP contribution >= 0.6 is 12.2 Å². The molecule has 0 aliphatic carbocycles. The van der Waals surface area contributed by atoms with Crippen LogP contribution in [0.1, 0.15) is 33.1 Å². The molecule has 0 spiro atoms. The van der Waals surface area contributed by atoms with Gasteiger partial charge in [-0.1, -0.05) is 20.3 Å². The van der Waals surface area contributed by atoms with Crippen LogP contribution in [0.4, 0.5) is 0 Å². The predicted molar refractivity (Wildman–Crippen MR) is 114 cm³/mol. The SMILES string of the molecule is CCCCn1c(-c2ccc(OC)cc2)nn(CN(C)CC(=O)NCCC)c1=S. The van der Waals surface area contributed by atoms with Crippen molar-refractivity contribution in [2.24, 2.45) is 0 Å². The lowest BCUT2D eigenvalue weighted by Gasteiger charge is -2.15. The van der Waals surface area contributed by atoms with E-state index in [0.29, 0.717) is 24.5 Å². The number of hydrogen-bond donors (Lipinski definition) is 1. The van der Waals surface area contributed by atoms with Crippen LogP contribution in [0.3, 0.4) is 0 Å². The van der Waals surface area contributed by atoms with E-state index in [9.17, 15) is 4.79 Å². The lowest BCUT2D eigenvalue weighted by atomic mass is 10.2. The fourth-order valence-corrected chi connectivity index (χ4v) is 3.13. The first kappa shape index (κ1) is 22.1. The minimum atomic E-state index is 0.0108. The van der Waals surface area contributed by atoms with Crippen LogP contribution in [0, 0.1) is 4.77 Å². The van der Waals surface area contributed by atoms with Crippen molar-refractivity contribution in [3.8, 4) is 17.1 Å². The number of rotatable bonds is 11. The van der Waals surface area contributed by atoms with Crippen molar-refractivity contribution >= 4 is 18.1 Å². The molecule has 0 radical (unpaired) electrons. The zero-order valence-electron chi connectivity index (χ0n) is 17.3. The van der Waals surface area contributed by atoms with Gasteiger partial charge in [0.15, 0.2) is 10.6 Å². The van der Waals surface area contributed by atoms with Gasteiger partial charge in [0, 0.05) is 18.7 Å². The maximum atomic E-state index is 12.0. The molecule has 2 aromatic rings. The van der Waals surface area contributed by atoms with E-state index < -0.39 is 0 Å². The molecule has 2 rings (SSSR count). The molecule has 0 atom stereocenters. The van der Waals surface area contributed by atoms with Gasteiger partial charge in [0.1, 0.15) is 5.75 Å². The molecule has 7 nitrogen and oxygen atoms in total. The number of nitrogens with zero attached hydrogens (tertiary/aromatic N) is 4. The highest BCUT2D eigenvalue weighted by Crippen LogP contribution is 2.22. The summed E-state index contributed by atoms with van der Waals surface area (Å²) in [5, 5.41) is 7.65. The van der Waals surface area contributed by atoms with Crippen molar-refractivity contribution in [3.05, 3.63) is 29.0 Å². The van der Waals surface area contributed by atoms with Gasteiger partial charge in [0.2, 0.25) is 5.91 Å². The Balaban J connectivity index is 2.23. The maximum absolute atomic E-state index is 12.0.